The van der Waals surface area contributed by atoms with E-state index in [2.05, 4.69) is 55.1 Å². The van der Waals surface area contributed by atoms with Crippen LogP contribution in [0.2, 0.25) is 0 Å². The number of unbranched alkanes of at least 4 members (excludes halogenated alkanes) is 1. The molecule has 0 amide bonds. The first kappa shape index (κ1) is 11.9. The lowest BCUT2D eigenvalue weighted by atomic mass is 10.1. The Morgan fingerprint density at radius 2 is 1.94 bits per heavy atom. The fourth-order valence-corrected chi connectivity index (χ4v) is 2.03. The lowest BCUT2D eigenvalue weighted by molar-refractivity contribution is 0.711. The van der Waals surface area contributed by atoms with E-state index in [1.54, 1.807) is 0 Å². The van der Waals surface area contributed by atoms with E-state index in [4.69, 9.17) is 4.98 Å². The summed E-state index contributed by atoms with van der Waals surface area (Å²) in [5.74, 6) is 1.21. The molecule has 0 fully saturated rings. The molecule has 0 bridgehead atoms. The fraction of sp³-hybridized carbons (Fsp3) is 0.400. The van der Waals surface area contributed by atoms with Gasteiger partial charge >= 0.3 is 0 Å². The summed E-state index contributed by atoms with van der Waals surface area (Å²) >= 11 is 0. The van der Waals surface area contributed by atoms with Crippen LogP contribution in [-0.4, -0.2) is 9.55 Å². The minimum absolute atomic E-state index is 0.931. The average Bonchev–Trinajstić information content (AvgIpc) is 2.68. The van der Waals surface area contributed by atoms with E-state index in [1.165, 1.54) is 29.9 Å². The van der Waals surface area contributed by atoms with Crippen LogP contribution < -0.4 is 0 Å². The summed E-state index contributed by atoms with van der Waals surface area (Å²) in [5.41, 5.74) is 2.50. The van der Waals surface area contributed by atoms with E-state index >= 15 is 0 Å². The second-order valence-corrected chi connectivity index (χ2v) is 4.53. The van der Waals surface area contributed by atoms with Crippen molar-refractivity contribution in [1.82, 2.24) is 9.55 Å². The predicted octanol–water partition coefficient (Wildman–Crippen LogP) is 3.35. The number of imidazole rings is 1. The molecule has 1 heterocycles. The van der Waals surface area contributed by atoms with Gasteiger partial charge in [-0.3, -0.25) is 0 Å². The summed E-state index contributed by atoms with van der Waals surface area (Å²) in [5, 5.41) is 0. The highest BCUT2D eigenvalue weighted by atomic mass is 15.0. The normalized spacial score (nSPS) is 10.7. The van der Waals surface area contributed by atoms with E-state index < -0.39 is 0 Å². The molecule has 1 aromatic heterocycles. The molecule has 90 valence electrons. The van der Waals surface area contributed by atoms with Crippen LogP contribution in [0.25, 0.3) is 0 Å². The number of benzene rings is 1. The first-order chi connectivity index (χ1) is 8.29. The maximum atomic E-state index is 4.71. The molecule has 2 rings (SSSR count). The fourth-order valence-electron chi connectivity index (χ4n) is 2.03. The third-order valence-corrected chi connectivity index (χ3v) is 3.00. The topological polar surface area (TPSA) is 17.8 Å². The SMILES string of the molecule is CCCCc1nc(Cc2ccccc2)cn1C. The van der Waals surface area contributed by atoms with Gasteiger partial charge in [0, 0.05) is 26.1 Å². The molecule has 0 saturated heterocycles. The Morgan fingerprint density at radius 3 is 2.65 bits per heavy atom. The molecule has 0 atom stereocenters. The van der Waals surface area contributed by atoms with Crippen molar-refractivity contribution in [1.29, 1.82) is 0 Å². The number of aryl methyl sites for hydroxylation is 2. The molecule has 0 unspecified atom stereocenters. The average molecular weight is 228 g/mol. The Labute approximate surface area is 103 Å². The largest absolute Gasteiger partial charge is 0.338 e. The Kier molecular flexibility index (Phi) is 3.97. The van der Waals surface area contributed by atoms with Crippen molar-refractivity contribution in [2.45, 2.75) is 32.6 Å². The Hall–Kier alpha value is -1.57. The maximum Gasteiger partial charge on any atom is 0.108 e. The van der Waals surface area contributed by atoms with Crippen LogP contribution in [0.1, 0.15) is 36.8 Å². The quantitative estimate of drug-likeness (QED) is 0.767. The molecule has 2 aromatic rings. The Bertz CT molecular complexity index is 457. The molecular formula is C15H20N2. The monoisotopic (exact) mass is 228 g/mol. The zero-order valence-corrected chi connectivity index (χ0v) is 10.7. The number of hydrogen-bond acceptors (Lipinski definition) is 1. The van der Waals surface area contributed by atoms with Crippen LogP contribution in [0, 0.1) is 0 Å². The minimum Gasteiger partial charge on any atom is -0.338 e. The van der Waals surface area contributed by atoms with Gasteiger partial charge in [-0.05, 0) is 12.0 Å². The van der Waals surface area contributed by atoms with E-state index in [1.807, 2.05) is 0 Å². The van der Waals surface area contributed by atoms with Gasteiger partial charge in [0.25, 0.3) is 0 Å². The lowest BCUT2D eigenvalue weighted by Crippen LogP contribution is -1.96. The number of aromatic nitrogens is 2. The third kappa shape index (κ3) is 3.19. The summed E-state index contributed by atoms with van der Waals surface area (Å²) in [4.78, 5) is 4.71. The maximum absolute atomic E-state index is 4.71. The third-order valence-electron chi connectivity index (χ3n) is 3.00. The molecule has 2 heteroatoms. The molecule has 0 aliphatic heterocycles. The highest BCUT2D eigenvalue weighted by molar-refractivity contribution is 5.21. The molecule has 0 saturated carbocycles. The molecule has 0 N–H and O–H groups in total. The van der Waals surface area contributed by atoms with Gasteiger partial charge in [-0.1, -0.05) is 43.7 Å². The van der Waals surface area contributed by atoms with Gasteiger partial charge in [-0.25, -0.2) is 4.98 Å². The van der Waals surface area contributed by atoms with Crippen molar-refractivity contribution in [2.75, 3.05) is 0 Å². The van der Waals surface area contributed by atoms with E-state index in [-0.39, 0.29) is 0 Å². The molecule has 17 heavy (non-hydrogen) atoms. The standard InChI is InChI=1S/C15H20N2/c1-3-4-10-15-16-14(12-17(15)2)11-13-8-6-5-7-9-13/h5-9,12H,3-4,10-11H2,1-2H3. The van der Waals surface area contributed by atoms with E-state index in [9.17, 15) is 0 Å². The number of nitrogens with zero attached hydrogens (tertiary/aromatic N) is 2. The first-order valence-corrected chi connectivity index (χ1v) is 6.34. The number of hydrogen-bond donors (Lipinski definition) is 0. The van der Waals surface area contributed by atoms with Gasteiger partial charge in [0.2, 0.25) is 0 Å². The van der Waals surface area contributed by atoms with Gasteiger partial charge in [0.05, 0.1) is 5.69 Å². The Morgan fingerprint density at radius 1 is 1.18 bits per heavy atom. The summed E-state index contributed by atoms with van der Waals surface area (Å²) in [6, 6.07) is 10.5. The molecule has 0 aliphatic rings. The molecule has 0 spiro atoms. The van der Waals surface area contributed by atoms with Crippen molar-refractivity contribution in [3.63, 3.8) is 0 Å². The lowest BCUT2D eigenvalue weighted by Gasteiger charge is -1.98. The zero-order chi connectivity index (χ0) is 12.1. The smallest absolute Gasteiger partial charge is 0.108 e. The Balaban J connectivity index is 2.07. The zero-order valence-electron chi connectivity index (χ0n) is 10.7. The van der Waals surface area contributed by atoms with E-state index in [0.29, 0.717) is 0 Å². The summed E-state index contributed by atoms with van der Waals surface area (Å²) in [6.07, 6.45) is 6.61. The molecule has 0 aliphatic carbocycles. The molecule has 0 radical (unpaired) electrons. The van der Waals surface area contributed by atoms with Crippen molar-refractivity contribution in [2.24, 2.45) is 7.05 Å². The second kappa shape index (κ2) is 5.67. The van der Waals surface area contributed by atoms with Crippen molar-refractivity contribution < 1.29 is 0 Å². The van der Waals surface area contributed by atoms with Gasteiger partial charge in [0.1, 0.15) is 5.82 Å². The number of rotatable bonds is 5. The van der Waals surface area contributed by atoms with Crippen molar-refractivity contribution >= 4 is 0 Å². The molecular weight excluding hydrogens is 208 g/mol. The molecule has 2 nitrogen and oxygen atoms in total. The van der Waals surface area contributed by atoms with Crippen molar-refractivity contribution in [3.8, 4) is 0 Å². The van der Waals surface area contributed by atoms with Crippen LogP contribution in [0.5, 0.6) is 0 Å². The van der Waals surface area contributed by atoms with Gasteiger partial charge < -0.3 is 4.57 Å². The summed E-state index contributed by atoms with van der Waals surface area (Å²) < 4.78 is 2.16. The van der Waals surface area contributed by atoms with Crippen LogP contribution in [-0.2, 0) is 19.9 Å². The summed E-state index contributed by atoms with van der Waals surface area (Å²) in [7, 11) is 2.09. The predicted molar refractivity (Wildman–Crippen MR) is 71.1 cm³/mol. The highest BCUT2D eigenvalue weighted by Crippen LogP contribution is 2.10. The van der Waals surface area contributed by atoms with Crippen LogP contribution in [0.15, 0.2) is 36.5 Å². The first-order valence-electron chi connectivity index (χ1n) is 6.34. The highest BCUT2D eigenvalue weighted by Gasteiger charge is 2.05. The molecule has 1 aromatic carbocycles. The van der Waals surface area contributed by atoms with Gasteiger partial charge in [0.15, 0.2) is 0 Å². The minimum atomic E-state index is 0.931. The van der Waals surface area contributed by atoms with Crippen molar-refractivity contribution in [3.05, 3.63) is 53.6 Å². The van der Waals surface area contributed by atoms with Gasteiger partial charge in [-0.2, -0.15) is 0 Å². The van der Waals surface area contributed by atoms with E-state index in [0.717, 1.165) is 12.8 Å². The van der Waals surface area contributed by atoms with Crippen LogP contribution in [0.4, 0.5) is 0 Å². The second-order valence-electron chi connectivity index (χ2n) is 4.53. The van der Waals surface area contributed by atoms with Gasteiger partial charge in [-0.15, -0.1) is 0 Å². The van der Waals surface area contributed by atoms with Crippen LogP contribution >= 0.6 is 0 Å². The summed E-state index contributed by atoms with van der Waals surface area (Å²) in [6.45, 7) is 2.22. The van der Waals surface area contributed by atoms with Crippen LogP contribution in [0.3, 0.4) is 0 Å².